The van der Waals surface area contributed by atoms with Crippen LogP contribution in [0, 0.1) is 5.92 Å². The molecule has 0 unspecified atom stereocenters. The summed E-state index contributed by atoms with van der Waals surface area (Å²) in [5.41, 5.74) is 2.38. The van der Waals surface area contributed by atoms with E-state index in [1.54, 1.807) is 11.8 Å². The molecule has 0 radical (unpaired) electrons. The normalized spacial score (nSPS) is 10.7. The number of hydrogen-bond donors (Lipinski definition) is 1. The molecule has 0 aromatic heterocycles. The second kappa shape index (κ2) is 8.69. The number of anilines is 1. The van der Waals surface area contributed by atoms with Crippen molar-refractivity contribution in [3.63, 3.8) is 0 Å². The van der Waals surface area contributed by atoms with Crippen LogP contribution >= 0.6 is 11.8 Å². The Morgan fingerprint density at radius 1 is 1.04 bits per heavy atom. The van der Waals surface area contributed by atoms with Gasteiger partial charge in [0.05, 0.1) is 5.56 Å². The summed E-state index contributed by atoms with van der Waals surface area (Å²) >= 11 is 1.55. The largest absolute Gasteiger partial charge is 0.322 e. The molecular weight excluding hydrogens is 318 g/mol. The van der Waals surface area contributed by atoms with Crippen LogP contribution in [0.1, 0.15) is 36.2 Å². The first-order chi connectivity index (χ1) is 11.5. The van der Waals surface area contributed by atoms with Crippen LogP contribution in [-0.4, -0.2) is 17.9 Å². The van der Waals surface area contributed by atoms with Crippen molar-refractivity contribution in [2.24, 2.45) is 5.92 Å². The summed E-state index contributed by atoms with van der Waals surface area (Å²) < 4.78 is 0. The fourth-order valence-electron chi connectivity index (χ4n) is 2.49. The number of carbonyl (C=O) groups excluding carboxylic acids is 2. The lowest BCUT2D eigenvalue weighted by Gasteiger charge is -2.09. The summed E-state index contributed by atoms with van der Waals surface area (Å²) in [6.45, 7) is 4.09. The van der Waals surface area contributed by atoms with Gasteiger partial charge in [-0.25, -0.2) is 0 Å². The molecule has 3 nitrogen and oxygen atoms in total. The van der Waals surface area contributed by atoms with Crippen LogP contribution in [0.5, 0.6) is 0 Å². The fraction of sp³-hybridized carbons (Fsp3) is 0.300. The van der Waals surface area contributed by atoms with Gasteiger partial charge < -0.3 is 5.32 Å². The molecule has 0 saturated carbocycles. The monoisotopic (exact) mass is 341 g/mol. The van der Waals surface area contributed by atoms with Crippen molar-refractivity contribution in [3.05, 3.63) is 59.7 Å². The first kappa shape index (κ1) is 18.3. The predicted octanol–water partition coefficient (Wildman–Crippen LogP) is 4.82. The zero-order valence-electron chi connectivity index (χ0n) is 14.3. The number of Topliss-reactive ketones (excluding diaryl/α,β-unsaturated/α-hetero) is 1. The lowest BCUT2D eigenvalue weighted by molar-refractivity contribution is -0.119. The minimum absolute atomic E-state index is 0.122. The molecule has 0 bridgehead atoms. The van der Waals surface area contributed by atoms with Crippen LogP contribution in [0.25, 0.3) is 0 Å². The number of rotatable bonds is 7. The van der Waals surface area contributed by atoms with Gasteiger partial charge in [0, 0.05) is 23.4 Å². The van der Waals surface area contributed by atoms with Crippen molar-refractivity contribution >= 4 is 29.1 Å². The molecule has 0 atom stereocenters. The molecule has 1 amide bonds. The Bertz CT molecular complexity index is 708. The van der Waals surface area contributed by atoms with E-state index in [9.17, 15) is 9.59 Å². The molecule has 2 aromatic rings. The molecule has 126 valence electrons. The van der Waals surface area contributed by atoms with Gasteiger partial charge in [0.1, 0.15) is 5.78 Å². The van der Waals surface area contributed by atoms with E-state index < -0.39 is 0 Å². The molecule has 0 spiro atoms. The Kier molecular flexibility index (Phi) is 6.62. The molecule has 0 aliphatic rings. The Labute approximate surface area is 147 Å². The Balaban J connectivity index is 2.01. The van der Waals surface area contributed by atoms with E-state index >= 15 is 0 Å². The second-order valence-electron chi connectivity index (χ2n) is 6.16. The zero-order chi connectivity index (χ0) is 17.5. The van der Waals surface area contributed by atoms with Gasteiger partial charge in [-0.15, -0.1) is 11.8 Å². The molecular formula is C20H23NO2S. The van der Waals surface area contributed by atoms with E-state index in [1.807, 2.05) is 68.6 Å². The lowest BCUT2D eigenvalue weighted by atomic mass is 10.0. The Hall–Kier alpha value is -2.07. The third kappa shape index (κ3) is 5.24. The highest BCUT2D eigenvalue weighted by molar-refractivity contribution is 7.98. The van der Waals surface area contributed by atoms with Gasteiger partial charge in [-0.1, -0.05) is 38.1 Å². The number of amides is 1. The van der Waals surface area contributed by atoms with Crippen molar-refractivity contribution in [1.29, 1.82) is 0 Å². The second-order valence-corrected chi connectivity index (χ2v) is 7.01. The number of carbonyl (C=O) groups is 2. The number of ketones is 1. The Morgan fingerprint density at radius 3 is 2.33 bits per heavy atom. The van der Waals surface area contributed by atoms with E-state index in [0.717, 1.165) is 16.1 Å². The van der Waals surface area contributed by atoms with Crippen LogP contribution in [0.3, 0.4) is 0 Å². The average molecular weight is 341 g/mol. The summed E-state index contributed by atoms with van der Waals surface area (Å²) in [4.78, 5) is 25.2. The molecule has 24 heavy (non-hydrogen) atoms. The molecule has 0 heterocycles. The van der Waals surface area contributed by atoms with Gasteiger partial charge in [-0.2, -0.15) is 0 Å². The van der Waals surface area contributed by atoms with E-state index in [1.165, 1.54) is 0 Å². The highest BCUT2D eigenvalue weighted by atomic mass is 32.2. The van der Waals surface area contributed by atoms with Crippen molar-refractivity contribution in [2.75, 3.05) is 11.6 Å². The van der Waals surface area contributed by atoms with Crippen LogP contribution in [-0.2, 0) is 11.2 Å². The molecule has 1 N–H and O–H groups in total. The molecule has 0 fully saturated rings. The first-order valence-electron chi connectivity index (χ1n) is 8.04. The van der Waals surface area contributed by atoms with Crippen molar-refractivity contribution < 1.29 is 9.59 Å². The number of nitrogens with one attached hydrogen (secondary N) is 1. The highest BCUT2D eigenvalue weighted by Gasteiger charge is 2.11. The third-order valence-corrected chi connectivity index (χ3v) is 4.40. The summed E-state index contributed by atoms with van der Waals surface area (Å²) in [6.07, 6.45) is 3.00. The SMILES string of the molecule is CSc1ccccc1C(=O)Nc1ccc(CC(=O)CC(C)C)cc1. The van der Waals surface area contributed by atoms with Gasteiger partial charge in [0.25, 0.3) is 5.91 Å². The number of thioether (sulfide) groups is 1. The lowest BCUT2D eigenvalue weighted by Crippen LogP contribution is -2.13. The summed E-state index contributed by atoms with van der Waals surface area (Å²) in [5, 5.41) is 2.91. The van der Waals surface area contributed by atoms with Gasteiger partial charge >= 0.3 is 0 Å². The predicted molar refractivity (Wildman–Crippen MR) is 101 cm³/mol. The fourth-order valence-corrected chi connectivity index (χ4v) is 3.09. The summed E-state index contributed by atoms with van der Waals surface area (Å²) in [6, 6.07) is 15.0. The van der Waals surface area contributed by atoms with Crippen LogP contribution < -0.4 is 5.32 Å². The van der Waals surface area contributed by atoms with Crippen LogP contribution in [0.4, 0.5) is 5.69 Å². The molecule has 2 aromatic carbocycles. The summed E-state index contributed by atoms with van der Waals surface area (Å²) in [5.74, 6) is 0.506. The van der Waals surface area contributed by atoms with E-state index in [2.05, 4.69) is 5.32 Å². The Morgan fingerprint density at radius 2 is 1.71 bits per heavy atom. The molecule has 0 saturated heterocycles. The maximum absolute atomic E-state index is 12.4. The number of hydrogen-bond acceptors (Lipinski definition) is 3. The molecule has 0 aliphatic carbocycles. The molecule has 2 rings (SSSR count). The van der Waals surface area contributed by atoms with Crippen LogP contribution in [0.2, 0.25) is 0 Å². The van der Waals surface area contributed by atoms with Gasteiger partial charge in [0.2, 0.25) is 0 Å². The van der Waals surface area contributed by atoms with Crippen molar-refractivity contribution in [1.82, 2.24) is 0 Å². The van der Waals surface area contributed by atoms with Crippen molar-refractivity contribution in [3.8, 4) is 0 Å². The van der Waals surface area contributed by atoms with E-state index in [0.29, 0.717) is 24.3 Å². The van der Waals surface area contributed by atoms with E-state index in [-0.39, 0.29) is 11.7 Å². The third-order valence-electron chi connectivity index (χ3n) is 3.60. The van der Waals surface area contributed by atoms with Gasteiger partial charge in [-0.05, 0) is 42.0 Å². The maximum Gasteiger partial charge on any atom is 0.256 e. The van der Waals surface area contributed by atoms with E-state index in [4.69, 9.17) is 0 Å². The quantitative estimate of drug-likeness (QED) is 0.735. The summed E-state index contributed by atoms with van der Waals surface area (Å²) in [7, 11) is 0. The zero-order valence-corrected chi connectivity index (χ0v) is 15.2. The topological polar surface area (TPSA) is 46.2 Å². The molecule has 4 heteroatoms. The average Bonchev–Trinajstić information content (AvgIpc) is 2.55. The van der Waals surface area contributed by atoms with Crippen molar-refractivity contribution in [2.45, 2.75) is 31.6 Å². The smallest absolute Gasteiger partial charge is 0.256 e. The highest BCUT2D eigenvalue weighted by Crippen LogP contribution is 2.21. The van der Waals surface area contributed by atoms with Gasteiger partial charge in [-0.3, -0.25) is 9.59 Å². The van der Waals surface area contributed by atoms with Crippen LogP contribution in [0.15, 0.2) is 53.4 Å². The minimum atomic E-state index is -0.122. The standard InChI is InChI=1S/C20H23NO2S/c1-14(2)12-17(22)13-15-8-10-16(11-9-15)21-20(23)18-6-4-5-7-19(18)24-3/h4-11,14H,12-13H2,1-3H3,(H,21,23). The minimum Gasteiger partial charge on any atom is -0.322 e. The number of benzene rings is 2. The maximum atomic E-state index is 12.4. The molecule has 0 aliphatic heterocycles. The van der Waals surface area contributed by atoms with Gasteiger partial charge in [0.15, 0.2) is 0 Å². The first-order valence-corrected chi connectivity index (χ1v) is 9.27.